The summed E-state index contributed by atoms with van der Waals surface area (Å²) in [6, 6.07) is 10.9. The van der Waals surface area contributed by atoms with E-state index in [1.54, 1.807) is 12.1 Å². The largest absolute Gasteiger partial charge is 0.418 e. The monoisotopic (exact) mass is 314 g/mol. The van der Waals surface area contributed by atoms with Gasteiger partial charge in [-0.25, -0.2) is 0 Å². The number of halogens is 4. The number of anilines is 1. The van der Waals surface area contributed by atoms with Crippen LogP contribution in [0.3, 0.4) is 0 Å². The minimum Gasteiger partial charge on any atom is -0.298 e. The van der Waals surface area contributed by atoms with E-state index in [0.717, 1.165) is 6.07 Å². The topological polar surface area (TPSA) is 41.1 Å². The van der Waals surface area contributed by atoms with Crippen LogP contribution < -0.4 is 10.9 Å². The van der Waals surface area contributed by atoms with Gasteiger partial charge in [-0.05, 0) is 30.3 Å². The van der Waals surface area contributed by atoms with Crippen LogP contribution in [0.1, 0.15) is 15.9 Å². The normalized spacial score (nSPS) is 11.0. The highest BCUT2D eigenvalue weighted by molar-refractivity contribution is 6.30. The Morgan fingerprint density at radius 2 is 1.76 bits per heavy atom. The summed E-state index contributed by atoms with van der Waals surface area (Å²) in [5.74, 6) is -0.588. The van der Waals surface area contributed by atoms with Crippen molar-refractivity contribution in [2.45, 2.75) is 6.18 Å². The predicted octanol–water partition coefficient (Wildman–Crippen LogP) is 4.12. The zero-order valence-corrected chi connectivity index (χ0v) is 11.3. The summed E-state index contributed by atoms with van der Waals surface area (Å²) in [4.78, 5) is 11.8. The molecule has 2 aromatic carbocycles. The van der Waals surface area contributed by atoms with Crippen molar-refractivity contribution in [2.75, 3.05) is 5.43 Å². The molecule has 110 valence electrons. The molecule has 2 rings (SSSR count). The Bertz CT molecular complexity index is 659. The number of hydrazine groups is 1. The molecule has 2 N–H and O–H groups in total. The molecule has 0 aliphatic heterocycles. The van der Waals surface area contributed by atoms with Gasteiger partial charge in [0, 0.05) is 10.6 Å². The number of nitrogens with one attached hydrogen (secondary N) is 2. The molecule has 0 atom stereocenters. The first-order valence-electron chi connectivity index (χ1n) is 5.86. The number of carbonyl (C=O) groups excluding carboxylic acids is 1. The lowest BCUT2D eigenvalue weighted by atomic mass is 10.2. The average molecular weight is 315 g/mol. The number of amides is 1. The summed E-state index contributed by atoms with van der Waals surface area (Å²) in [5, 5.41) is 0.360. The number of carbonyl (C=O) groups is 1. The fraction of sp³-hybridized carbons (Fsp3) is 0.0714. The number of rotatable bonds is 3. The SMILES string of the molecule is O=C(NNc1ccccc1C(F)(F)F)c1cccc(Cl)c1. The number of benzene rings is 2. The number of alkyl halides is 3. The van der Waals surface area contributed by atoms with Gasteiger partial charge < -0.3 is 0 Å². The van der Waals surface area contributed by atoms with Gasteiger partial charge in [-0.1, -0.05) is 29.8 Å². The molecule has 2 aromatic rings. The molecule has 1 amide bonds. The van der Waals surface area contributed by atoms with E-state index < -0.39 is 17.6 Å². The summed E-state index contributed by atoms with van der Waals surface area (Å²) < 4.78 is 38.3. The summed E-state index contributed by atoms with van der Waals surface area (Å²) in [6.45, 7) is 0. The van der Waals surface area contributed by atoms with Crippen molar-refractivity contribution < 1.29 is 18.0 Å². The van der Waals surface area contributed by atoms with E-state index in [2.05, 4.69) is 10.9 Å². The Morgan fingerprint density at radius 3 is 2.43 bits per heavy atom. The van der Waals surface area contributed by atoms with Gasteiger partial charge in [0.2, 0.25) is 0 Å². The van der Waals surface area contributed by atoms with E-state index >= 15 is 0 Å². The van der Waals surface area contributed by atoms with Gasteiger partial charge in [0.15, 0.2) is 0 Å². The number of hydrogen-bond acceptors (Lipinski definition) is 2. The second kappa shape index (κ2) is 6.05. The lowest BCUT2D eigenvalue weighted by molar-refractivity contribution is -0.137. The van der Waals surface area contributed by atoms with Crippen molar-refractivity contribution in [1.82, 2.24) is 5.43 Å². The Labute approximate surface area is 123 Å². The summed E-state index contributed by atoms with van der Waals surface area (Å²) in [5.41, 5.74) is 3.62. The maximum absolute atomic E-state index is 12.8. The second-order valence-electron chi connectivity index (χ2n) is 4.13. The highest BCUT2D eigenvalue weighted by atomic mass is 35.5. The number of para-hydroxylation sites is 1. The van der Waals surface area contributed by atoms with Crippen LogP contribution in [0.25, 0.3) is 0 Å². The fourth-order valence-corrected chi connectivity index (χ4v) is 1.86. The second-order valence-corrected chi connectivity index (χ2v) is 4.57. The van der Waals surface area contributed by atoms with Gasteiger partial charge in [0.25, 0.3) is 5.91 Å². The molecule has 7 heteroatoms. The van der Waals surface area contributed by atoms with E-state index in [4.69, 9.17) is 11.6 Å². The first-order chi connectivity index (χ1) is 9.88. The van der Waals surface area contributed by atoms with E-state index in [-0.39, 0.29) is 11.3 Å². The van der Waals surface area contributed by atoms with E-state index in [0.29, 0.717) is 5.02 Å². The van der Waals surface area contributed by atoms with E-state index in [1.807, 2.05) is 0 Å². The Kier molecular flexibility index (Phi) is 4.37. The standard InChI is InChI=1S/C14H10ClF3N2O/c15-10-5-3-4-9(8-10)13(21)20-19-12-7-2-1-6-11(12)14(16,17)18/h1-8,19H,(H,20,21). The molecule has 21 heavy (non-hydrogen) atoms. The third kappa shape index (κ3) is 3.88. The zero-order chi connectivity index (χ0) is 15.5. The smallest absolute Gasteiger partial charge is 0.298 e. The molecular weight excluding hydrogens is 305 g/mol. The minimum atomic E-state index is -4.51. The van der Waals surface area contributed by atoms with Gasteiger partial charge in [0.1, 0.15) is 0 Å². The zero-order valence-electron chi connectivity index (χ0n) is 10.5. The van der Waals surface area contributed by atoms with Crippen molar-refractivity contribution in [2.24, 2.45) is 0 Å². The maximum atomic E-state index is 12.8. The third-order valence-corrected chi connectivity index (χ3v) is 2.87. The fourth-order valence-electron chi connectivity index (χ4n) is 1.67. The third-order valence-electron chi connectivity index (χ3n) is 2.63. The predicted molar refractivity (Wildman–Crippen MR) is 74.0 cm³/mol. The van der Waals surface area contributed by atoms with Crippen LogP contribution in [-0.4, -0.2) is 5.91 Å². The van der Waals surface area contributed by atoms with Crippen LogP contribution in [0.15, 0.2) is 48.5 Å². The molecule has 0 saturated heterocycles. The molecule has 0 heterocycles. The van der Waals surface area contributed by atoms with Gasteiger partial charge in [0.05, 0.1) is 11.3 Å². The van der Waals surface area contributed by atoms with Crippen LogP contribution in [0.4, 0.5) is 18.9 Å². The van der Waals surface area contributed by atoms with Crippen molar-refractivity contribution in [3.8, 4) is 0 Å². The molecule has 0 aliphatic carbocycles. The van der Waals surface area contributed by atoms with Gasteiger partial charge in [-0.2, -0.15) is 13.2 Å². The molecular formula is C14H10ClF3N2O. The first-order valence-corrected chi connectivity index (χ1v) is 6.24. The van der Waals surface area contributed by atoms with Crippen LogP contribution in [-0.2, 0) is 6.18 Å². The summed E-state index contributed by atoms with van der Waals surface area (Å²) in [6.07, 6.45) is -4.51. The van der Waals surface area contributed by atoms with E-state index in [1.165, 1.54) is 30.3 Å². The van der Waals surface area contributed by atoms with Gasteiger partial charge >= 0.3 is 6.18 Å². The first kappa shape index (κ1) is 15.2. The highest BCUT2D eigenvalue weighted by Gasteiger charge is 2.33. The molecule has 0 aromatic heterocycles. The van der Waals surface area contributed by atoms with E-state index in [9.17, 15) is 18.0 Å². The van der Waals surface area contributed by atoms with Crippen molar-refractivity contribution in [1.29, 1.82) is 0 Å². The average Bonchev–Trinajstić information content (AvgIpc) is 2.44. The van der Waals surface area contributed by atoms with Crippen molar-refractivity contribution in [3.63, 3.8) is 0 Å². The summed E-state index contributed by atoms with van der Waals surface area (Å²) in [7, 11) is 0. The lowest BCUT2D eigenvalue weighted by Crippen LogP contribution is -2.30. The van der Waals surface area contributed by atoms with Crippen LogP contribution in [0, 0.1) is 0 Å². The molecule has 0 spiro atoms. The molecule has 0 aliphatic rings. The molecule has 3 nitrogen and oxygen atoms in total. The van der Waals surface area contributed by atoms with Gasteiger partial charge in [-0.3, -0.25) is 15.6 Å². The Hall–Kier alpha value is -2.21. The van der Waals surface area contributed by atoms with Crippen molar-refractivity contribution in [3.05, 3.63) is 64.7 Å². The molecule has 0 bridgehead atoms. The van der Waals surface area contributed by atoms with Crippen LogP contribution in [0.5, 0.6) is 0 Å². The quantitative estimate of drug-likeness (QED) is 0.837. The molecule has 0 unspecified atom stereocenters. The Morgan fingerprint density at radius 1 is 1.05 bits per heavy atom. The summed E-state index contributed by atoms with van der Waals surface area (Å²) >= 11 is 5.74. The van der Waals surface area contributed by atoms with Crippen molar-refractivity contribution >= 4 is 23.2 Å². The molecule has 0 saturated carbocycles. The highest BCUT2D eigenvalue weighted by Crippen LogP contribution is 2.34. The Balaban J connectivity index is 2.12. The maximum Gasteiger partial charge on any atom is 0.418 e. The van der Waals surface area contributed by atoms with Crippen LogP contribution >= 0.6 is 11.6 Å². The minimum absolute atomic E-state index is 0.236. The van der Waals surface area contributed by atoms with Gasteiger partial charge in [-0.15, -0.1) is 0 Å². The van der Waals surface area contributed by atoms with Crippen LogP contribution in [0.2, 0.25) is 5.02 Å². The molecule has 0 fully saturated rings. The number of hydrogen-bond donors (Lipinski definition) is 2. The lowest BCUT2D eigenvalue weighted by Gasteiger charge is -2.14. The molecule has 0 radical (unpaired) electrons.